The minimum absolute atomic E-state index is 0.0885. The van der Waals surface area contributed by atoms with Crippen LogP contribution in [0.4, 0.5) is 4.39 Å². The Kier molecular flexibility index (Phi) is 6.80. The topological polar surface area (TPSA) is 55.8 Å². The lowest BCUT2D eigenvalue weighted by molar-refractivity contribution is 0.0598. The Balaban J connectivity index is 2.95. The fourth-order valence-corrected chi connectivity index (χ4v) is 2.14. The zero-order valence-corrected chi connectivity index (χ0v) is 12.2. The minimum Gasteiger partial charge on any atom is -0.493 e. The number of hydrogen-bond donors (Lipinski definition) is 1. The summed E-state index contributed by atoms with van der Waals surface area (Å²) < 4.78 is 23.5. The number of aliphatic hydroxyl groups excluding tert-OH is 1. The fraction of sp³-hybridized carbons (Fsp3) is 0.462. The highest BCUT2D eigenvalue weighted by Gasteiger charge is 2.17. The smallest absolute Gasteiger partial charge is 0.338 e. The van der Waals surface area contributed by atoms with Crippen LogP contribution in [0.25, 0.3) is 0 Å². The number of aliphatic hydroxyl groups is 1. The van der Waals surface area contributed by atoms with Gasteiger partial charge in [-0.05, 0) is 18.9 Å². The summed E-state index contributed by atoms with van der Waals surface area (Å²) in [5.41, 5.74) is 0.703. The van der Waals surface area contributed by atoms with Gasteiger partial charge >= 0.3 is 5.97 Å². The van der Waals surface area contributed by atoms with Gasteiger partial charge in [-0.15, -0.1) is 0 Å². The predicted octanol–water partition coefficient (Wildman–Crippen LogP) is 2.66. The van der Waals surface area contributed by atoms with Crippen molar-refractivity contribution in [3.05, 3.63) is 29.1 Å². The number of benzene rings is 1. The van der Waals surface area contributed by atoms with Gasteiger partial charge in [0.2, 0.25) is 0 Å². The molecule has 19 heavy (non-hydrogen) atoms. The molecule has 6 heteroatoms. The molecule has 1 aromatic rings. The van der Waals surface area contributed by atoms with Gasteiger partial charge in [-0.25, -0.2) is 9.18 Å². The summed E-state index contributed by atoms with van der Waals surface area (Å²) in [4.78, 5) is 11.6. The molecule has 0 amide bonds. The zero-order chi connectivity index (χ0) is 14.3. The molecule has 0 aliphatic rings. The van der Waals surface area contributed by atoms with Gasteiger partial charge in [0.05, 0.1) is 19.3 Å². The average Bonchev–Trinajstić information content (AvgIpc) is 2.42. The molecule has 0 spiro atoms. The summed E-state index contributed by atoms with van der Waals surface area (Å²) in [7, 11) is 1.24. The van der Waals surface area contributed by atoms with E-state index >= 15 is 0 Å². The molecule has 1 N–H and O–H groups in total. The molecule has 1 rings (SSSR count). The molecule has 0 fully saturated rings. The molecule has 0 unspecified atom stereocenters. The van der Waals surface area contributed by atoms with Gasteiger partial charge < -0.3 is 14.6 Å². The summed E-state index contributed by atoms with van der Waals surface area (Å²) in [6.07, 6.45) is 1.27. The summed E-state index contributed by atoms with van der Waals surface area (Å²) in [5, 5.41) is 9.03. The number of carbonyl (C=O) groups is 1. The van der Waals surface area contributed by atoms with Crippen molar-refractivity contribution in [2.45, 2.75) is 18.2 Å². The van der Waals surface area contributed by atoms with Crippen molar-refractivity contribution >= 4 is 21.9 Å². The van der Waals surface area contributed by atoms with Gasteiger partial charge in [-0.1, -0.05) is 15.9 Å². The highest BCUT2D eigenvalue weighted by molar-refractivity contribution is 9.08. The third-order valence-electron chi connectivity index (χ3n) is 2.52. The van der Waals surface area contributed by atoms with Crippen molar-refractivity contribution in [2.75, 3.05) is 20.3 Å². The van der Waals surface area contributed by atoms with Crippen LogP contribution in [0.5, 0.6) is 5.75 Å². The van der Waals surface area contributed by atoms with E-state index in [1.165, 1.54) is 13.2 Å². The molecule has 0 atom stereocenters. The van der Waals surface area contributed by atoms with Gasteiger partial charge in [0.25, 0.3) is 0 Å². The number of carbonyl (C=O) groups excluding carboxylic acids is 1. The first-order valence-corrected chi connectivity index (χ1v) is 6.96. The van der Waals surface area contributed by atoms with Gasteiger partial charge in [0.15, 0.2) is 0 Å². The zero-order valence-electron chi connectivity index (χ0n) is 10.6. The van der Waals surface area contributed by atoms with E-state index in [0.29, 0.717) is 36.1 Å². The van der Waals surface area contributed by atoms with E-state index in [-0.39, 0.29) is 12.2 Å². The number of methoxy groups -OCH3 is 1. The minimum atomic E-state index is -0.603. The maximum Gasteiger partial charge on any atom is 0.338 e. The highest BCUT2D eigenvalue weighted by Crippen LogP contribution is 2.27. The van der Waals surface area contributed by atoms with Crippen LogP contribution in [0.1, 0.15) is 28.8 Å². The van der Waals surface area contributed by atoms with Gasteiger partial charge in [0, 0.05) is 23.6 Å². The van der Waals surface area contributed by atoms with Crippen molar-refractivity contribution in [3.63, 3.8) is 0 Å². The molecule has 1 aromatic carbocycles. The van der Waals surface area contributed by atoms with Gasteiger partial charge in [0.1, 0.15) is 11.6 Å². The van der Waals surface area contributed by atoms with Gasteiger partial charge in [-0.3, -0.25) is 0 Å². The third-order valence-corrected chi connectivity index (χ3v) is 3.08. The van der Waals surface area contributed by atoms with E-state index in [2.05, 4.69) is 20.7 Å². The van der Waals surface area contributed by atoms with E-state index in [4.69, 9.17) is 9.84 Å². The van der Waals surface area contributed by atoms with E-state index in [1.807, 2.05) is 0 Å². The van der Waals surface area contributed by atoms with E-state index in [9.17, 15) is 9.18 Å². The highest BCUT2D eigenvalue weighted by atomic mass is 79.9. The molecule has 0 saturated carbocycles. The molecule has 0 bridgehead atoms. The summed E-state index contributed by atoms with van der Waals surface area (Å²) in [6.45, 7) is 0.440. The predicted molar refractivity (Wildman–Crippen MR) is 72.2 cm³/mol. The Labute approximate surface area is 119 Å². The van der Waals surface area contributed by atoms with Crippen LogP contribution >= 0.6 is 15.9 Å². The fourth-order valence-electron chi connectivity index (χ4n) is 1.57. The Morgan fingerprint density at radius 3 is 2.74 bits per heavy atom. The quantitative estimate of drug-likeness (QED) is 0.473. The van der Waals surface area contributed by atoms with Crippen molar-refractivity contribution in [1.29, 1.82) is 0 Å². The maximum absolute atomic E-state index is 13.5. The normalized spacial score (nSPS) is 10.3. The molecular formula is C13H16BrFO4. The number of esters is 1. The van der Waals surface area contributed by atoms with Crippen LogP contribution in [0.2, 0.25) is 0 Å². The lowest BCUT2D eigenvalue weighted by atomic mass is 10.1. The van der Waals surface area contributed by atoms with Gasteiger partial charge in [-0.2, -0.15) is 0 Å². The molecule has 106 valence electrons. The second-order valence-electron chi connectivity index (χ2n) is 3.83. The third kappa shape index (κ3) is 4.47. The van der Waals surface area contributed by atoms with Crippen molar-refractivity contribution in [1.82, 2.24) is 0 Å². The first-order chi connectivity index (χ1) is 9.13. The van der Waals surface area contributed by atoms with Crippen LogP contribution in [-0.4, -0.2) is 31.4 Å². The Morgan fingerprint density at radius 2 is 2.16 bits per heavy atom. The number of halogens is 2. The molecule has 0 heterocycles. The van der Waals surface area contributed by atoms with Crippen LogP contribution in [-0.2, 0) is 10.1 Å². The number of unbranched alkanes of at least 4 members (excludes halogenated alkanes) is 1. The number of ether oxygens (including phenoxy) is 2. The number of alkyl halides is 1. The first-order valence-electron chi connectivity index (χ1n) is 5.84. The Morgan fingerprint density at radius 1 is 1.42 bits per heavy atom. The standard InChI is InChI=1S/C13H16BrFO4/c1-18-13(17)10-6-9(15)7-12(11(10)8-14)19-5-3-2-4-16/h6-7,16H,2-5,8H2,1H3. The molecule has 4 nitrogen and oxygen atoms in total. The molecule has 0 aromatic heterocycles. The largest absolute Gasteiger partial charge is 0.493 e. The maximum atomic E-state index is 13.5. The van der Waals surface area contributed by atoms with E-state index in [0.717, 1.165) is 6.07 Å². The number of hydrogen-bond acceptors (Lipinski definition) is 4. The van der Waals surface area contributed by atoms with E-state index in [1.54, 1.807) is 0 Å². The lowest BCUT2D eigenvalue weighted by Gasteiger charge is -2.13. The molecule has 0 radical (unpaired) electrons. The van der Waals surface area contributed by atoms with Crippen LogP contribution < -0.4 is 4.74 Å². The molecular weight excluding hydrogens is 319 g/mol. The average molecular weight is 335 g/mol. The summed E-state index contributed by atoms with van der Waals surface area (Å²) in [6, 6.07) is 2.37. The lowest BCUT2D eigenvalue weighted by Crippen LogP contribution is -2.09. The van der Waals surface area contributed by atoms with E-state index < -0.39 is 11.8 Å². The summed E-state index contributed by atoms with van der Waals surface area (Å²) in [5.74, 6) is -0.841. The SMILES string of the molecule is COC(=O)c1cc(F)cc(OCCCCO)c1CBr. The second-order valence-corrected chi connectivity index (χ2v) is 4.40. The Bertz CT molecular complexity index is 437. The molecule has 0 aliphatic heterocycles. The van der Waals surface area contributed by atoms with Crippen molar-refractivity contribution in [3.8, 4) is 5.75 Å². The van der Waals surface area contributed by atoms with Crippen LogP contribution in [0, 0.1) is 5.82 Å². The first kappa shape index (κ1) is 15.9. The molecule has 0 aliphatic carbocycles. The second kappa shape index (κ2) is 8.12. The monoisotopic (exact) mass is 334 g/mol. The molecule has 0 saturated heterocycles. The van der Waals surface area contributed by atoms with Crippen molar-refractivity contribution in [2.24, 2.45) is 0 Å². The van der Waals surface area contributed by atoms with Crippen LogP contribution in [0.3, 0.4) is 0 Å². The summed E-state index contributed by atoms with van der Waals surface area (Å²) >= 11 is 3.25. The Hall–Kier alpha value is -1.14. The van der Waals surface area contributed by atoms with Crippen LogP contribution in [0.15, 0.2) is 12.1 Å². The van der Waals surface area contributed by atoms with Crippen molar-refractivity contribution < 1.29 is 23.8 Å². The number of rotatable bonds is 7.